The van der Waals surface area contributed by atoms with Crippen molar-refractivity contribution in [1.29, 1.82) is 0 Å². The lowest BCUT2D eigenvalue weighted by Gasteiger charge is -2.38. The SMILES string of the molecule is C=CCN(CCO)C(=O)C1(N)CCCC(C)C1. The standard InChI is InChI=1S/C13H24N2O2/c1-3-7-15(8-9-16)12(17)13(14)6-4-5-11(2)10-13/h3,11,16H,1,4-10,14H2,2H3. The molecular formula is C13H24N2O2. The maximum atomic E-state index is 12.4. The number of amides is 1. The van der Waals surface area contributed by atoms with Gasteiger partial charge in [-0.3, -0.25) is 4.79 Å². The molecule has 0 aliphatic heterocycles. The zero-order valence-corrected chi connectivity index (χ0v) is 10.7. The van der Waals surface area contributed by atoms with Gasteiger partial charge in [0.05, 0.1) is 12.1 Å². The monoisotopic (exact) mass is 240 g/mol. The zero-order valence-electron chi connectivity index (χ0n) is 10.7. The summed E-state index contributed by atoms with van der Waals surface area (Å²) >= 11 is 0. The molecule has 0 spiro atoms. The van der Waals surface area contributed by atoms with Gasteiger partial charge in [-0.1, -0.05) is 25.8 Å². The molecular weight excluding hydrogens is 216 g/mol. The molecule has 17 heavy (non-hydrogen) atoms. The third kappa shape index (κ3) is 3.54. The molecule has 4 nitrogen and oxygen atoms in total. The number of nitrogens with two attached hydrogens (primary N) is 1. The summed E-state index contributed by atoms with van der Waals surface area (Å²) in [7, 11) is 0. The average molecular weight is 240 g/mol. The summed E-state index contributed by atoms with van der Waals surface area (Å²) in [4.78, 5) is 14.0. The Balaban J connectivity index is 2.73. The molecule has 2 atom stereocenters. The van der Waals surface area contributed by atoms with Gasteiger partial charge in [0.15, 0.2) is 0 Å². The minimum Gasteiger partial charge on any atom is -0.395 e. The van der Waals surface area contributed by atoms with Gasteiger partial charge in [0.2, 0.25) is 5.91 Å². The van der Waals surface area contributed by atoms with E-state index < -0.39 is 5.54 Å². The van der Waals surface area contributed by atoms with Crippen LogP contribution in [0.1, 0.15) is 32.6 Å². The molecule has 0 aromatic rings. The predicted octanol–water partition coefficient (Wildman–Crippen LogP) is 0.901. The Morgan fingerprint density at radius 2 is 2.41 bits per heavy atom. The second-order valence-corrected chi connectivity index (χ2v) is 5.12. The van der Waals surface area contributed by atoms with Crippen molar-refractivity contribution in [2.75, 3.05) is 19.7 Å². The fraction of sp³-hybridized carbons (Fsp3) is 0.769. The van der Waals surface area contributed by atoms with Crippen molar-refractivity contribution in [2.45, 2.75) is 38.1 Å². The largest absolute Gasteiger partial charge is 0.395 e. The first-order chi connectivity index (χ1) is 8.03. The lowest BCUT2D eigenvalue weighted by atomic mass is 9.76. The van der Waals surface area contributed by atoms with Crippen LogP contribution in [0.25, 0.3) is 0 Å². The first-order valence-corrected chi connectivity index (χ1v) is 6.33. The summed E-state index contributed by atoms with van der Waals surface area (Å²) in [6.07, 6.45) is 5.31. The van der Waals surface area contributed by atoms with Gasteiger partial charge in [0.25, 0.3) is 0 Å². The Morgan fingerprint density at radius 1 is 1.71 bits per heavy atom. The molecule has 0 aromatic heterocycles. The van der Waals surface area contributed by atoms with Gasteiger partial charge < -0.3 is 15.7 Å². The lowest BCUT2D eigenvalue weighted by molar-refractivity contribution is -0.138. The molecule has 1 aliphatic carbocycles. The van der Waals surface area contributed by atoms with Gasteiger partial charge in [-0.15, -0.1) is 6.58 Å². The molecule has 4 heteroatoms. The van der Waals surface area contributed by atoms with Crippen molar-refractivity contribution in [1.82, 2.24) is 4.90 Å². The highest BCUT2D eigenvalue weighted by molar-refractivity contribution is 5.86. The number of carbonyl (C=O) groups excluding carboxylic acids is 1. The minimum absolute atomic E-state index is 0.0365. The highest BCUT2D eigenvalue weighted by Crippen LogP contribution is 2.31. The van der Waals surface area contributed by atoms with Crippen molar-refractivity contribution < 1.29 is 9.90 Å². The normalized spacial score (nSPS) is 28.8. The van der Waals surface area contributed by atoms with Crippen molar-refractivity contribution in [3.63, 3.8) is 0 Å². The van der Waals surface area contributed by atoms with Crippen molar-refractivity contribution in [2.24, 2.45) is 11.7 Å². The van der Waals surface area contributed by atoms with E-state index in [-0.39, 0.29) is 12.5 Å². The second-order valence-electron chi connectivity index (χ2n) is 5.12. The first kappa shape index (κ1) is 14.2. The van der Waals surface area contributed by atoms with Crippen LogP contribution in [0, 0.1) is 5.92 Å². The summed E-state index contributed by atoms with van der Waals surface area (Å²) in [5.41, 5.74) is 5.51. The number of nitrogens with zero attached hydrogens (tertiary/aromatic N) is 1. The predicted molar refractivity (Wildman–Crippen MR) is 68.4 cm³/mol. The Morgan fingerprint density at radius 3 is 2.94 bits per heavy atom. The van der Waals surface area contributed by atoms with Gasteiger partial charge in [0.1, 0.15) is 0 Å². The van der Waals surface area contributed by atoms with E-state index >= 15 is 0 Å². The Kier molecular flexibility index (Phi) is 5.15. The topological polar surface area (TPSA) is 66.6 Å². The maximum absolute atomic E-state index is 12.4. The number of hydrogen-bond donors (Lipinski definition) is 2. The summed E-state index contributed by atoms with van der Waals surface area (Å²) in [5.74, 6) is 0.454. The van der Waals surface area contributed by atoms with Crippen LogP contribution in [0.15, 0.2) is 12.7 Å². The summed E-state index contributed by atoms with van der Waals surface area (Å²) in [6.45, 7) is 6.51. The fourth-order valence-electron chi connectivity index (χ4n) is 2.65. The van der Waals surface area contributed by atoms with Crippen molar-refractivity contribution in [3.05, 3.63) is 12.7 Å². The molecule has 0 aromatic carbocycles. The van der Waals surface area contributed by atoms with E-state index in [2.05, 4.69) is 13.5 Å². The van der Waals surface area contributed by atoms with Crippen LogP contribution in [0.5, 0.6) is 0 Å². The Hall–Kier alpha value is -0.870. The number of aliphatic hydroxyl groups is 1. The Bertz CT molecular complexity index is 281. The average Bonchev–Trinajstić information content (AvgIpc) is 2.27. The summed E-state index contributed by atoms with van der Waals surface area (Å²) < 4.78 is 0. The summed E-state index contributed by atoms with van der Waals surface area (Å²) in [5, 5.41) is 8.98. The van der Waals surface area contributed by atoms with Gasteiger partial charge >= 0.3 is 0 Å². The molecule has 0 heterocycles. The molecule has 1 saturated carbocycles. The van der Waals surface area contributed by atoms with Gasteiger partial charge in [0, 0.05) is 13.1 Å². The lowest BCUT2D eigenvalue weighted by Crippen LogP contribution is -2.57. The highest BCUT2D eigenvalue weighted by Gasteiger charge is 2.40. The summed E-state index contributed by atoms with van der Waals surface area (Å²) in [6, 6.07) is 0. The van der Waals surface area contributed by atoms with Crippen LogP contribution in [-0.2, 0) is 4.79 Å². The molecule has 98 valence electrons. The molecule has 0 saturated heterocycles. The van der Waals surface area contributed by atoms with E-state index in [1.807, 2.05) is 0 Å². The van der Waals surface area contributed by atoms with Gasteiger partial charge in [-0.25, -0.2) is 0 Å². The number of carbonyl (C=O) groups is 1. The molecule has 3 N–H and O–H groups in total. The second kappa shape index (κ2) is 6.17. The minimum atomic E-state index is -0.740. The number of rotatable bonds is 5. The fourth-order valence-corrected chi connectivity index (χ4v) is 2.65. The molecule has 1 fully saturated rings. The molecule has 0 bridgehead atoms. The third-order valence-electron chi connectivity index (χ3n) is 3.47. The van der Waals surface area contributed by atoms with E-state index in [4.69, 9.17) is 10.8 Å². The van der Waals surface area contributed by atoms with E-state index in [0.29, 0.717) is 19.0 Å². The van der Waals surface area contributed by atoms with Crippen LogP contribution >= 0.6 is 0 Å². The molecule has 1 rings (SSSR count). The maximum Gasteiger partial charge on any atom is 0.243 e. The molecule has 1 aliphatic rings. The smallest absolute Gasteiger partial charge is 0.243 e. The highest BCUT2D eigenvalue weighted by atomic mass is 16.3. The van der Waals surface area contributed by atoms with Crippen LogP contribution < -0.4 is 5.73 Å². The van der Waals surface area contributed by atoms with E-state index in [0.717, 1.165) is 25.7 Å². The third-order valence-corrected chi connectivity index (χ3v) is 3.47. The Labute approximate surface area is 103 Å². The molecule has 2 unspecified atom stereocenters. The van der Waals surface area contributed by atoms with Crippen LogP contribution in [-0.4, -0.2) is 41.1 Å². The number of hydrogen-bond acceptors (Lipinski definition) is 3. The van der Waals surface area contributed by atoms with Crippen molar-refractivity contribution >= 4 is 5.91 Å². The van der Waals surface area contributed by atoms with Gasteiger partial charge in [-0.2, -0.15) is 0 Å². The van der Waals surface area contributed by atoms with E-state index in [9.17, 15) is 4.79 Å². The zero-order chi connectivity index (χ0) is 12.9. The van der Waals surface area contributed by atoms with Crippen molar-refractivity contribution in [3.8, 4) is 0 Å². The van der Waals surface area contributed by atoms with Crippen LogP contribution in [0.2, 0.25) is 0 Å². The molecule has 1 amide bonds. The van der Waals surface area contributed by atoms with Crippen LogP contribution in [0.3, 0.4) is 0 Å². The van der Waals surface area contributed by atoms with Crippen LogP contribution in [0.4, 0.5) is 0 Å². The first-order valence-electron chi connectivity index (χ1n) is 6.33. The van der Waals surface area contributed by atoms with Gasteiger partial charge in [-0.05, 0) is 18.8 Å². The van der Waals surface area contributed by atoms with E-state index in [1.54, 1.807) is 11.0 Å². The molecule has 0 radical (unpaired) electrons. The number of aliphatic hydroxyl groups excluding tert-OH is 1. The van der Waals surface area contributed by atoms with E-state index in [1.165, 1.54) is 0 Å². The quantitative estimate of drug-likeness (QED) is 0.702.